The van der Waals surface area contributed by atoms with Crippen LogP contribution in [0.5, 0.6) is 0 Å². The van der Waals surface area contributed by atoms with Crippen LogP contribution in [0.3, 0.4) is 0 Å². The third-order valence-electron chi connectivity index (χ3n) is 6.37. The molecule has 4 rings (SSSR count). The normalized spacial score (nSPS) is 22.6. The Kier molecular flexibility index (Phi) is 7.06. The number of nitrogens with one attached hydrogen (secondary N) is 1. The number of benzene rings is 1. The molecular weight excluding hydrogens is 425 g/mol. The first-order chi connectivity index (χ1) is 15.8. The molecule has 33 heavy (non-hydrogen) atoms. The van der Waals surface area contributed by atoms with Gasteiger partial charge in [0.15, 0.2) is 0 Å². The van der Waals surface area contributed by atoms with E-state index in [0.717, 1.165) is 17.4 Å². The maximum atomic E-state index is 12.6. The van der Waals surface area contributed by atoms with Crippen LogP contribution in [0.15, 0.2) is 47.1 Å². The van der Waals surface area contributed by atoms with E-state index in [9.17, 15) is 19.6 Å². The number of rotatable bonds is 9. The Bertz CT molecular complexity index is 1020. The van der Waals surface area contributed by atoms with E-state index >= 15 is 0 Å². The second kappa shape index (κ2) is 9.99. The van der Waals surface area contributed by atoms with E-state index in [4.69, 9.17) is 9.15 Å². The first-order valence-electron chi connectivity index (χ1n) is 11.2. The SMILES string of the molecule is CN(C)C/C=C/C(=O)N1C[C@@H]2C[C@@H]2[C@@H]1COC(=O)N[C@@H](Cc1coc2ccccc12)B(O)O. The van der Waals surface area contributed by atoms with E-state index in [1.165, 1.54) is 0 Å². The predicted octanol–water partition coefficient (Wildman–Crippen LogP) is 1.05. The first-order valence-corrected chi connectivity index (χ1v) is 11.2. The largest absolute Gasteiger partial charge is 0.475 e. The van der Waals surface area contributed by atoms with Crippen LogP contribution in [0.25, 0.3) is 11.0 Å². The molecule has 1 saturated carbocycles. The molecule has 0 radical (unpaired) electrons. The summed E-state index contributed by atoms with van der Waals surface area (Å²) in [6, 6.07) is 7.25. The summed E-state index contributed by atoms with van der Waals surface area (Å²) in [4.78, 5) is 28.8. The molecule has 1 aromatic carbocycles. The van der Waals surface area contributed by atoms with Gasteiger partial charge in [0.25, 0.3) is 0 Å². The van der Waals surface area contributed by atoms with Crippen LogP contribution < -0.4 is 5.32 Å². The Morgan fingerprint density at radius 1 is 1.36 bits per heavy atom. The molecule has 1 aliphatic carbocycles. The zero-order valence-corrected chi connectivity index (χ0v) is 18.9. The van der Waals surface area contributed by atoms with E-state index < -0.39 is 19.2 Å². The summed E-state index contributed by atoms with van der Waals surface area (Å²) < 4.78 is 10.9. The molecule has 0 spiro atoms. The molecule has 10 heteroatoms. The zero-order valence-electron chi connectivity index (χ0n) is 18.9. The van der Waals surface area contributed by atoms with Crippen molar-refractivity contribution in [3.8, 4) is 0 Å². The first kappa shape index (κ1) is 23.3. The number of para-hydroxylation sites is 1. The second-order valence-electron chi connectivity index (χ2n) is 9.11. The summed E-state index contributed by atoms with van der Waals surface area (Å²) in [5.41, 5.74) is 1.44. The number of piperidine rings is 1. The van der Waals surface area contributed by atoms with Crippen LogP contribution in [0.2, 0.25) is 0 Å². The lowest BCUT2D eigenvalue weighted by atomic mass is 9.76. The van der Waals surface area contributed by atoms with Crippen LogP contribution in [-0.2, 0) is 16.0 Å². The second-order valence-corrected chi connectivity index (χ2v) is 9.11. The van der Waals surface area contributed by atoms with Crippen LogP contribution >= 0.6 is 0 Å². The minimum Gasteiger partial charge on any atom is -0.464 e. The number of carbonyl (C=O) groups is 2. The topological polar surface area (TPSA) is 115 Å². The number of fused-ring (bicyclic) bond motifs is 2. The lowest BCUT2D eigenvalue weighted by molar-refractivity contribution is -0.128. The average Bonchev–Trinajstić information content (AvgIpc) is 3.27. The minimum absolute atomic E-state index is 0.0726. The molecule has 9 nitrogen and oxygen atoms in total. The summed E-state index contributed by atoms with van der Waals surface area (Å²) in [5, 5.41) is 23.0. The number of amides is 2. The quantitative estimate of drug-likeness (QED) is 0.383. The molecule has 4 atom stereocenters. The average molecular weight is 455 g/mol. The lowest BCUT2D eigenvalue weighted by Crippen LogP contribution is -2.49. The van der Waals surface area contributed by atoms with Crippen LogP contribution in [0.4, 0.5) is 4.79 Å². The molecule has 0 bridgehead atoms. The van der Waals surface area contributed by atoms with E-state index in [2.05, 4.69) is 5.32 Å². The van der Waals surface area contributed by atoms with Gasteiger partial charge in [-0.25, -0.2) is 4.79 Å². The molecule has 1 aromatic heterocycles. The molecule has 1 aliphatic heterocycles. The number of carbonyl (C=O) groups excluding carboxylic acids is 2. The fourth-order valence-electron chi connectivity index (χ4n) is 4.51. The number of ether oxygens (including phenoxy) is 1. The van der Waals surface area contributed by atoms with E-state index in [-0.39, 0.29) is 25.0 Å². The highest BCUT2D eigenvalue weighted by molar-refractivity contribution is 6.43. The summed E-state index contributed by atoms with van der Waals surface area (Å²) in [7, 11) is 2.09. The summed E-state index contributed by atoms with van der Waals surface area (Å²) in [6.45, 7) is 1.42. The number of likely N-dealkylation sites (tertiary alicyclic amines) is 1. The Morgan fingerprint density at radius 3 is 2.91 bits per heavy atom. The van der Waals surface area contributed by atoms with Gasteiger partial charge in [-0.1, -0.05) is 24.3 Å². The van der Waals surface area contributed by atoms with Crippen molar-refractivity contribution in [2.24, 2.45) is 11.8 Å². The highest BCUT2D eigenvalue weighted by Crippen LogP contribution is 2.49. The Labute approximate surface area is 193 Å². The molecule has 2 aromatic rings. The third kappa shape index (κ3) is 5.58. The summed E-state index contributed by atoms with van der Waals surface area (Å²) in [6.07, 6.45) is 5.40. The third-order valence-corrected chi connectivity index (χ3v) is 6.37. The molecular formula is C23H30BN3O6. The highest BCUT2D eigenvalue weighted by atomic mass is 16.5. The number of furan rings is 1. The molecule has 1 saturated heterocycles. The number of hydrogen-bond donors (Lipinski definition) is 3. The number of likely N-dealkylation sites (N-methyl/N-ethyl adjacent to an activating group) is 1. The minimum atomic E-state index is -1.77. The van der Waals surface area contributed by atoms with Crippen LogP contribution in [0.1, 0.15) is 12.0 Å². The standard InChI is InChI=1S/C23H30BN3O6/c1-26(2)9-5-8-22(28)27-12-15-10-18(15)19(27)14-33-23(29)25-21(24(30)31)11-16-13-32-20-7-4-3-6-17(16)20/h3-8,13,15,18-19,21,30-31H,9-12,14H2,1-2H3,(H,25,29)/b8-5+/t15-,18-,19-,21-/m0/s1. The maximum Gasteiger partial charge on any atom is 0.475 e. The van der Waals surface area contributed by atoms with Gasteiger partial charge >= 0.3 is 13.2 Å². The molecule has 2 aliphatic rings. The van der Waals surface area contributed by atoms with Gasteiger partial charge in [0.1, 0.15) is 12.2 Å². The fraction of sp³-hybridized carbons (Fsp3) is 0.478. The summed E-state index contributed by atoms with van der Waals surface area (Å²) in [5.74, 6) is -0.231. The van der Waals surface area contributed by atoms with Gasteiger partial charge in [0, 0.05) is 24.6 Å². The monoisotopic (exact) mass is 455 g/mol. The van der Waals surface area contributed by atoms with Crippen molar-refractivity contribution in [2.45, 2.75) is 24.8 Å². The van der Waals surface area contributed by atoms with Gasteiger partial charge in [0.2, 0.25) is 5.91 Å². The van der Waals surface area contributed by atoms with Gasteiger partial charge < -0.3 is 34.3 Å². The predicted molar refractivity (Wildman–Crippen MR) is 123 cm³/mol. The van der Waals surface area contributed by atoms with E-state index in [1.54, 1.807) is 17.2 Å². The smallest absolute Gasteiger partial charge is 0.464 e. The highest BCUT2D eigenvalue weighted by Gasteiger charge is 2.54. The Balaban J connectivity index is 1.32. The molecule has 3 N–H and O–H groups in total. The van der Waals surface area contributed by atoms with Gasteiger partial charge in [-0.05, 0) is 50.4 Å². The Morgan fingerprint density at radius 2 is 2.15 bits per heavy atom. The van der Waals surface area contributed by atoms with Crippen LogP contribution in [-0.4, -0.2) is 84.7 Å². The van der Waals surface area contributed by atoms with Gasteiger partial charge in [-0.2, -0.15) is 0 Å². The van der Waals surface area contributed by atoms with Gasteiger partial charge in [-0.15, -0.1) is 0 Å². The van der Waals surface area contributed by atoms with Crippen molar-refractivity contribution in [3.63, 3.8) is 0 Å². The zero-order chi connectivity index (χ0) is 23.5. The van der Waals surface area contributed by atoms with Crippen molar-refractivity contribution in [1.82, 2.24) is 15.1 Å². The summed E-state index contributed by atoms with van der Waals surface area (Å²) >= 11 is 0. The number of alkyl carbamates (subject to hydrolysis) is 1. The van der Waals surface area contributed by atoms with E-state index in [1.807, 2.05) is 49.3 Å². The molecule has 0 unspecified atom stereocenters. The van der Waals surface area contributed by atoms with Crippen molar-refractivity contribution >= 4 is 30.1 Å². The van der Waals surface area contributed by atoms with Gasteiger partial charge in [0.05, 0.1) is 18.2 Å². The van der Waals surface area contributed by atoms with Crippen molar-refractivity contribution in [3.05, 3.63) is 48.2 Å². The van der Waals surface area contributed by atoms with Crippen molar-refractivity contribution in [1.29, 1.82) is 0 Å². The van der Waals surface area contributed by atoms with Crippen LogP contribution in [0, 0.1) is 11.8 Å². The molecule has 2 fully saturated rings. The van der Waals surface area contributed by atoms with Crippen molar-refractivity contribution < 1.29 is 28.8 Å². The molecule has 2 heterocycles. The number of nitrogens with zero attached hydrogens (tertiary/aromatic N) is 2. The maximum absolute atomic E-state index is 12.6. The molecule has 2 amide bonds. The molecule has 176 valence electrons. The Hall–Kier alpha value is -2.82. The number of hydrogen-bond acceptors (Lipinski definition) is 7. The van der Waals surface area contributed by atoms with E-state index in [0.29, 0.717) is 30.5 Å². The fourth-order valence-corrected chi connectivity index (χ4v) is 4.51. The lowest BCUT2D eigenvalue weighted by Gasteiger charge is -2.26. The van der Waals surface area contributed by atoms with Crippen molar-refractivity contribution in [2.75, 3.05) is 33.8 Å². The van der Waals surface area contributed by atoms with Gasteiger partial charge in [-0.3, -0.25) is 4.79 Å².